The number of thiazole rings is 1. The number of aromatic amines is 1. The molecular weight excluding hydrogens is 679 g/mol. The highest BCUT2D eigenvalue weighted by molar-refractivity contribution is 7.09. The molecule has 4 N–H and O–H groups in total. The van der Waals surface area contributed by atoms with E-state index in [0.29, 0.717) is 36.8 Å². The second kappa shape index (κ2) is 21.7. The van der Waals surface area contributed by atoms with Gasteiger partial charge in [0.1, 0.15) is 22.8 Å². The van der Waals surface area contributed by atoms with E-state index in [4.69, 9.17) is 9.72 Å². The second-order valence-corrected chi connectivity index (χ2v) is 14.9. The Kier molecular flexibility index (Phi) is 17.8. The summed E-state index contributed by atoms with van der Waals surface area (Å²) in [6, 6.07) is 8.02. The molecule has 3 amide bonds. The highest BCUT2D eigenvalue weighted by Gasteiger charge is 2.37. The first-order chi connectivity index (χ1) is 25.0. The van der Waals surface area contributed by atoms with Crippen molar-refractivity contribution in [3.05, 3.63) is 57.8 Å². The van der Waals surface area contributed by atoms with E-state index in [1.165, 1.54) is 11.3 Å². The number of rotatable bonds is 23. The van der Waals surface area contributed by atoms with Crippen molar-refractivity contribution in [2.45, 2.75) is 124 Å². The van der Waals surface area contributed by atoms with Gasteiger partial charge in [0.05, 0.1) is 12.1 Å². The predicted molar refractivity (Wildman–Crippen MR) is 205 cm³/mol. The highest BCUT2D eigenvalue weighted by atomic mass is 32.1. The Labute approximate surface area is 313 Å². The SMILES string of the molecule is CCCO[C@H](C[C@H](C(C)C)N(CCC)C(=O)[C@@H](NC(=O)[C@H](NC)[C@@H](C)CC)[C@@H](C)CC)c1nc(C(=O)N[C@@H](Cc2ccccc2)c2nn[nH]n2)cs1. The van der Waals surface area contributed by atoms with Crippen LogP contribution in [0.5, 0.6) is 0 Å². The molecule has 0 unspecified atom stereocenters. The number of carbonyl (C=O) groups excluding carboxylic acids is 3. The molecule has 52 heavy (non-hydrogen) atoms. The zero-order valence-corrected chi connectivity index (χ0v) is 33.3. The molecule has 3 aromatic rings. The van der Waals surface area contributed by atoms with Gasteiger partial charge in [-0.3, -0.25) is 14.4 Å². The molecule has 288 valence electrons. The van der Waals surface area contributed by atoms with Crippen molar-refractivity contribution in [3.8, 4) is 0 Å². The summed E-state index contributed by atoms with van der Waals surface area (Å²) < 4.78 is 6.42. The fourth-order valence-electron chi connectivity index (χ4n) is 6.32. The van der Waals surface area contributed by atoms with Gasteiger partial charge in [-0.15, -0.1) is 21.5 Å². The van der Waals surface area contributed by atoms with Crippen LogP contribution in [0.15, 0.2) is 35.7 Å². The van der Waals surface area contributed by atoms with Crippen LogP contribution in [0.1, 0.15) is 127 Å². The monoisotopic (exact) mass is 739 g/mol. The molecule has 0 saturated carbocycles. The van der Waals surface area contributed by atoms with E-state index >= 15 is 0 Å². The average Bonchev–Trinajstić information content (AvgIpc) is 3.87. The van der Waals surface area contributed by atoms with Crippen LogP contribution in [0.3, 0.4) is 0 Å². The van der Waals surface area contributed by atoms with Crippen molar-refractivity contribution >= 4 is 29.1 Å². The quantitative estimate of drug-likeness (QED) is 0.0961. The van der Waals surface area contributed by atoms with Crippen molar-refractivity contribution in [2.75, 3.05) is 20.2 Å². The first kappa shape index (κ1) is 42.7. The largest absolute Gasteiger partial charge is 0.371 e. The minimum atomic E-state index is -0.668. The zero-order chi connectivity index (χ0) is 38.2. The Morgan fingerprint density at radius 2 is 1.63 bits per heavy atom. The number of aromatic nitrogens is 5. The van der Waals surface area contributed by atoms with Crippen LogP contribution in [-0.2, 0) is 20.7 Å². The molecule has 2 heterocycles. The van der Waals surface area contributed by atoms with E-state index in [9.17, 15) is 14.4 Å². The lowest BCUT2D eigenvalue weighted by molar-refractivity contribution is -0.142. The van der Waals surface area contributed by atoms with Gasteiger partial charge in [0.25, 0.3) is 5.91 Å². The number of nitrogens with zero attached hydrogens (tertiary/aromatic N) is 5. The summed E-state index contributed by atoms with van der Waals surface area (Å²) in [6.07, 6.45) is 3.66. The van der Waals surface area contributed by atoms with Gasteiger partial charge in [0, 0.05) is 37.4 Å². The summed E-state index contributed by atoms with van der Waals surface area (Å²) in [4.78, 5) is 48.5. The van der Waals surface area contributed by atoms with Crippen LogP contribution in [0.25, 0.3) is 0 Å². The highest BCUT2D eigenvalue weighted by Crippen LogP contribution is 2.32. The fourth-order valence-corrected chi connectivity index (χ4v) is 7.18. The number of likely N-dealkylation sites (N-methyl/N-ethyl adjacent to an activating group) is 1. The summed E-state index contributed by atoms with van der Waals surface area (Å²) in [5.74, 6) is -0.0804. The van der Waals surface area contributed by atoms with Gasteiger partial charge in [-0.05, 0) is 43.2 Å². The van der Waals surface area contributed by atoms with Crippen molar-refractivity contribution in [3.63, 3.8) is 0 Å². The molecule has 0 bridgehead atoms. The normalized spacial score (nSPS) is 15.7. The van der Waals surface area contributed by atoms with E-state index in [-0.39, 0.29) is 47.2 Å². The maximum Gasteiger partial charge on any atom is 0.271 e. The summed E-state index contributed by atoms with van der Waals surface area (Å²) in [6.45, 7) is 17.5. The van der Waals surface area contributed by atoms with E-state index < -0.39 is 24.2 Å². The van der Waals surface area contributed by atoms with Gasteiger partial charge in [0.15, 0.2) is 5.82 Å². The molecule has 7 atom stereocenters. The maximum absolute atomic E-state index is 14.6. The van der Waals surface area contributed by atoms with Crippen LogP contribution in [-0.4, -0.2) is 86.6 Å². The number of tetrazole rings is 1. The van der Waals surface area contributed by atoms with E-state index in [1.54, 1.807) is 12.4 Å². The first-order valence-electron chi connectivity index (χ1n) is 18.9. The van der Waals surface area contributed by atoms with Gasteiger partial charge in [0.2, 0.25) is 11.8 Å². The molecular formula is C38H61N9O4S. The van der Waals surface area contributed by atoms with Crippen molar-refractivity contribution in [2.24, 2.45) is 17.8 Å². The molecule has 0 aliphatic carbocycles. The third-order valence-corrected chi connectivity index (χ3v) is 10.7. The average molecular weight is 740 g/mol. The number of carbonyl (C=O) groups is 3. The van der Waals surface area contributed by atoms with Crippen LogP contribution in [0.2, 0.25) is 0 Å². The number of hydrogen-bond acceptors (Lipinski definition) is 10. The minimum Gasteiger partial charge on any atom is -0.371 e. The molecule has 14 heteroatoms. The Bertz CT molecular complexity index is 1490. The summed E-state index contributed by atoms with van der Waals surface area (Å²) in [5, 5.41) is 26.2. The van der Waals surface area contributed by atoms with Crippen molar-refractivity contribution in [1.82, 2.24) is 46.5 Å². The standard InChI is InChI=1S/C38H61N9O4S/c1-10-19-47(38(50)33(26(8)13-4)42-36(49)32(39-9)25(7)12-3)30(24(5)6)22-31(51-20-11-2)37-41-29(23-52-37)35(48)40-28(34-43-45-46-44-34)21-27-17-15-14-16-18-27/h14-18,23-26,28,30-33,39H,10-13,19-22H2,1-9H3,(H,40,48)(H,42,49)(H,43,44,45,46)/t25-,26-,28-,30+,31+,32+,33-/m0/s1. The molecule has 2 aromatic heterocycles. The number of hydrogen-bond donors (Lipinski definition) is 4. The third kappa shape index (κ3) is 11.9. The Hall–Kier alpha value is -3.75. The molecule has 0 aliphatic heterocycles. The topological polar surface area (TPSA) is 167 Å². The van der Waals surface area contributed by atoms with E-state index in [1.807, 2.05) is 62.9 Å². The lowest BCUT2D eigenvalue weighted by Crippen LogP contribution is -2.59. The molecule has 3 rings (SSSR count). The van der Waals surface area contributed by atoms with Gasteiger partial charge in [-0.25, -0.2) is 4.98 Å². The second-order valence-electron chi connectivity index (χ2n) is 14.0. The van der Waals surface area contributed by atoms with Crippen LogP contribution < -0.4 is 16.0 Å². The first-order valence-corrected chi connectivity index (χ1v) is 19.8. The van der Waals surface area contributed by atoms with Crippen molar-refractivity contribution < 1.29 is 19.1 Å². The summed E-state index contributed by atoms with van der Waals surface area (Å²) in [7, 11) is 1.79. The number of amides is 3. The third-order valence-electron chi connectivity index (χ3n) is 9.77. The molecule has 0 spiro atoms. The minimum absolute atomic E-state index is 0.0663. The lowest BCUT2D eigenvalue weighted by Gasteiger charge is -2.39. The number of ether oxygens (including phenoxy) is 1. The Balaban J connectivity index is 1.88. The van der Waals surface area contributed by atoms with Gasteiger partial charge < -0.3 is 25.6 Å². The van der Waals surface area contributed by atoms with E-state index in [0.717, 1.165) is 31.2 Å². The molecule has 0 aliphatic rings. The van der Waals surface area contributed by atoms with Gasteiger partial charge in [-0.1, -0.05) is 104 Å². The molecule has 1 aromatic carbocycles. The fraction of sp³-hybridized carbons (Fsp3) is 0.658. The van der Waals surface area contributed by atoms with Crippen LogP contribution in [0, 0.1) is 17.8 Å². The lowest BCUT2D eigenvalue weighted by atomic mass is 9.91. The van der Waals surface area contributed by atoms with Crippen molar-refractivity contribution in [1.29, 1.82) is 0 Å². The number of nitrogens with one attached hydrogen (secondary N) is 4. The molecule has 0 radical (unpaired) electrons. The summed E-state index contributed by atoms with van der Waals surface area (Å²) in [5.41, 5.74) is 1.29. The smallest absolute Gasteiger partial charge is 0.271 e. The molecule has 13 nitrogen and oxygen atoms in total. The summed E-state index contributed by atoms with van der Waals surface area (Å²) >= 11 is 1.37. The zero-order valence-electron chi connectivity index (χ0n) is 32.5. The maximum atomic E-state index is 14.6. The van der Waals surface area contributed by atoms with Crippen LogP contribution >= 0.6 is 11.3 Å². The van der Waals surface area contributed by atoms with Gasteiger partial charge in [-0.2, -0.15) is 5.21 Å². The van der Waals surface area contributed by atoms with Gasteiger partial charge >= 0.3 is 0 Å². The van der Waals surface area contributed by atoms with Crippen LogP contribution in [0.4, 0.5) is 0 Å². The van der Waals surface area contributed by atoms with E-state index in [2.05, 4.69) is 64.3 Å². The molecule has 0 saturated heterocycles. The molecule has 0 fully saturated rings. The Morgan fingerprint density at radius 1 is 0.942 bits per heavy atom. The predicted octanol–water partition coefficient (Wildman–Crippen LogP) is 5.66. The number of H-pyrrole nitrogens is 1. The Morgan fingerprint density at radius 3 is 2.21 bits per heavy atom. The number of benzene rings is 1.